The Kier molecular flexibility index (Phi) is 10.1. The number of halogens is 2. The molecule has 0 amide bonds. The molecule has 4 aromatic rings. The van der Waals surface area contributed by atoms with Crippen molar-refractivity contribution in [2.75, 3.05) is 33.4 Å². The number of hydrogen-bond acceptors (Lipinski definition) is 7. The number of fused-ring (bicyclic) bond motifs is 1. The highest BCUT2D eigenvalue weighted by Crippen LogP contribution is 2.44. The highest BCUT2D eigenvalue weighted by atomic mass is 19.1. The van der Waals surface area contributed by atoms with E-state index in [0.29, 0.717) is 58.7 Å². The van der Waals surface area contributed by atoms with Gasteiger partial charge in [-0.25, -0.2) is 8.78 Å². The van der Waals surface area contributed by atoms with Gasteiger partial charge in [0.15, 0.2) is 34.6 Å². The van der Waals surface area contributed by atoms with E-state index in [2.05, 4.69) is 23.7 Å². The molecule has 0 N–H and O–H groups in total. The summed E-state index contributed by atoms with van der Waals surface area (Å²) in [6.45, 7) is 7.35. The van der Waals surface area contributed by atoms with Crippen LogP contribution in [-0.2, 0) is 22.4 Å². The summed E-state index contributed by atoms with van der Waals surface area (Å²) in [6, 6.07) is 15.3. The number of hydrogen-bond donors (Lipinski definition) is 0. The van der Waals surface area contributed by atoms with Crippen LogP contribution in [0.15, 0.2) is 66.9 Å². The van der Waals surface area contributed by atoms with E-state index in [-0.39, 0.29) is 36.0 Å². The summed E-state index contributed by atoms with van der Waals surface area (Å²) in [6.07, 6.45) is 3.28. The van der Waals surface area contributed by atoms with E-state index in [1.807, 2.05) is 0 Å². The van der Waals surface area contributed by atoms with Crippen LogP contribution in [0, 0.1) is 17.0 Å². The van der Waals surface area contributed by atoms with Crippen molar-refractivity contribution in [2.24, 2.45) is 5.41 Å². The lowest BCUT2D eigenvalue weighted by Crippen LogP contribution is -2.46. The number of nitrogens with zero attached hydrogens (tertiary/aromatic N) is 2. The van der Waals surface area contributed by atoms with E-state index in [1.54, 1.807) is 49.7 Å². The summed E-state index contributed by atoms with van der Waals surface area (Å²) in [5.41, 5.74) is 0.639. The zero-order valence-corrected chi connectivity index (χ0v) is 25.9. The predicted octanol–water partition coefficient (Wildman–Crippen LogP) is 7.13. The molecule has 0 unspecified atom stereocenters. The van der Waals surface area contributed by atoms with E-state index in [0.717, 1.165) is 26.1 Å². The number of rotatable bonds is 15. The van der Waals surface area contributed by atoms with Crippen LogP contribution in [0.25, 0.3) is 10.9 Å². The molecule has 3 aromatic carbocycles. The summed E-state index contributed by atoms with van der Waals surface area (Å²) in [5.74, 6) is 0.0231. The Labute approximate surface area is 262 Å². The molecule has 0 bridgehead atoms. The first-order valence-electron chi connectivity index (χ1n) is 15.4. The molecule has 1 heterocycles. The number of Topliss-reactive ketones (excluding diaryl/α,β-unsaturated/α-hetero) is 2. The van der Waals surface area contributed by atoms with Crippen LogP contribution in [0.3, 0.4) is 0 Å². The molecule has 1 saturated carbocycles. The molecule has 1 aliphatic carbocycles. The largest absolute Gasteiger partial charge is 0.493 e. The Morgan fingerprint density at radius 3 is 2.16 bits per heavy atom. The second-order valence-corrected chi connectivity index (χ2v) is 11.3. The van der Waals surface area contributed by atoms with Crippen LogP contribution in [-0.4, -0.2) is 54.8 Å². The second kappa shape index (κ2) is 14.2. The van der Waals surface area contributed by atoms with Gasteiger partial charge >= 0.3 is 0 Å². The van der Waals surface area contributed by atoms with Crippen LogP contribution >= 0.6 is 0 Å². The van der Waals surface area contributed by atoms with Gasteiger partial charge in [-0.15, -0.1) is 0 Å². The number of pyridine rings is 1. The van der Waals surface area contributed by atoms with E-state index in [1.165, 1.54) is 24.3 Å². The first-order valence-corrected chi connectivity index (χ1v) is 15.4. The molecule has 5 rings (SSSR count). The Bertz CT molecular complexity index is 1670. The summed E-state index contributed by atoms with van der Waals surface area (Å²) in [7, 11) is 1.55. The van der Waals surface area contributed by atoms with E-state index < -0.39 is 11.2 Å². The molecule has 0 radical (unpaired) electrons. The summed E-state index contributed by atoms with van der Waals surface area (Å²) in [5, 5.41) is 0.621. The third-order valence-corrected chi connectivity index (χ3v) is 8.68. The van der Waals surface area contributed by atoms with Gasteiger partial charge in [0.2, 0.25) is 0 Å². The van der Waals surface area contributed by atoms with Gasteiger partial charge in [-0.3, -0.25) is 14.6 Å². The highest BCUT2D eigenvalue weighted by molar-refractivity contribution is 6.09. The molecule has 0 atom stereocenters. The SMILES string of the molecule is CCN(CC)CCOc1cc2nccc(Oc3ccc(CC(=O)C4(C(=O)Cc5ccc(F)cc5)CCC4)cc3F)c2cc1OC. The number of likely N-dealkylation sites (N-methyl/N-ethyl adjacent to an activating group) is 1. The van der Waals surface area contributed by atoms with Gasteiger partial charge in [-0.1, -0.05) is 38.5 Å². The Hall–Kier alpha value is -4.37. The minimum absolute atomic E-state index is 0.0111. The number of carbonyl (C=O) groups is 2. The number of benzene rings is 3. The van der Waals surface area contributed by atoms with Crippen molar-refractivity contribution in [3.8, 4) is 23.0 Å². The van der Waals surface area contributed by atoms with Crippen molar-refractivity contribution in [3.63, 3.8) is 0 Å². The predicted molar refractivity (Wildman–Crippen MR) is 168 cm³/mol. The molecule has 45 heavy (non-hydrogen) atoms. The van der Waals surface area contributed by atoms with Crippen molar-refractivity contribution in [1.29, 1.82) is 0 Å². The fourth-order valence-corrected chi connectivity index (χ4v) is 5.72. The molecule has 0 spiro atoms. The van der Waals surface area contributed by atoms with Gasteiger partial charge in [0.1, 0.15) is 18.2 Å². The fourth-order valence-electron chi connectivity index (χ4n) is 5.72. The molecular formula is C36H38F2N2O5. The normalized spacial score (nSPS) is 13.8. The Balaban J connectivity index is 1.29. The molecular weight excluding hydrogens is 578 g/mol. The van der Waals surface area contributed by atoms with Crippen molar-refractivity contribution in [1.82, 2.24) is 9.88 Å². The second-order valence-electron chi connectivity index (χ2n) is 11.3. The van der Waals surface area contributed by atoms with Crippen LogP contribution in [0.2, 0.25) is 0 Å². The topological polar surface area (TPSA) is 78.0 Å². The molecule has 1 fully saturated rings. The highest BCUT2D eigenvalue weighted by Gasteiger charge is 2.49. The van der Waals surface area contributed by atoms with Crippen molar-refractivity contribution < 1.29 is 32.6 Å². The van der Waals surface area contributed by atoms with Gasteiger partial charge in [0, 0.05) is 37.0 Å². The van der Waals surface area contributed by atoms with Gasteiger partial charge in [0.05, 0.1) is 18.0 Å². The molecule has 1 aromatic heterocycles. The minimum Gasteiger partial charge on any atom is -0.493 e. The molecule has 0 saturated heterocycles. The minimum atomic E-state index is -1.08. The lowest BCUT2D eigenvalue weighted by Gasteiger charge is -2.39. The number of ketones is 2. The fraction of sp³-hybridized carbons (Fsp3) is 0.361. The number of carbonyl (C=O) groups excluding carboxylic acids is 2. The first kappa shape index (κ1) is 32.0. The first-order chi connectivity index (χ1) is 21.8. The summed E-state index contributed by atoms with van der Waals surface area (Å²) in [4.78, 5) is 33.3. The number of ether oxygens (including phenoxy) is 3. The van der Waals surface area contributed by atoms with Crippen LogP contribution in [0.5, 0.6) is 23.0 Å². The third-order valence-electron chi connectivity index (χ3n) is 8.68. The summed E-state index contributed by atoms with van der Waals surface area (Å²) < 4.78 is 46.2. The number of aromatic nitrogens is 1. The Morgan fingerprint density at radius 2 is 1.53 bits per heavy atom. The van der Waals surface area contributed by atoms with Gasteiger partial charge in [-0.05, 0) is 73.5 Å². The van der Waals surface area contributed by atoms with Crippen LogP contribution < -0.4 is 14.2 Å². The smallest absolute Gasteiger partial charge is 0.166 e. The number of methoxy groups -OCH3 is 1. The van der Waals surface area contributed by atoms with Gasteiger partial charge in [-0.2, -0.15) is 0 Å². The standard InChI is InChI=1S/C36H38F2N2O5/c1-4-40(5-2)17-18-44-33-23-29-27(22-32(33)43-3)30(13-16-39-29)45-31-12-9-25(19-28(31)38)21-35(42)36(14-6-15-36)34(41)20-24-7-10-26(37)11-8-24/h7-13,16,19,22-23H,4-6,14-15,17-18,20-21H2,1-3H3. The molecule has 7 nitrogen and oxygen atoms in total. The van der Waals surface area contributed by atoms with Crippen LogP contribution in [0.1, 0.15) is 44.2 Å². The maximum Gasteiger partial charge on any atom is 0.166 e. The zero-order valence-electron chi connectivity index (χ0n) is 25.9. The lowest BCUT2D eigenvalue weighted by molar-refractivity contribution is -0.145. The third kappa shape index (κ3) is 7.14. The van der Waals surface area contributed by atoms with E-state index >= 15 is 4.39 Å². The van der Waals surface area contributed by atoms with Gasteiger partial charge in [0.25, 0.3) is 0 Å². The quantitative estimate of drug-likeness (QED) is 0.132. The van der Waals surface area contributed by atoms with E-state index in [4.69, 9.17) is 14.2 Å². The molecule has 0 aliphatic heterocycles. The molecule has 9 heteroatoms. The molecule has 236 valence electrons. The lowest BCUT2D eigenvalue weighted by atomic mass is 9.61. The average molecular weight is 617 g/mol. The van der Waals surface area contributed by atoms with Gasteiger partial charge < -0.3 is 19.1 Å². The molecule has 1 aliphatic rings. The maximum absolute atomic E-state index is 15.3. The van der Waals surface area contributed by atoms with Crippen molar-refractivity contribution >= 4 is 22.5 Å². The average Bonchev–Trinajstić information content (AvgIpc) is 3.01. The Morgan fingerprint density at radius 1 is 0.844 bits per heavy atom. The zero-order chi connectivity index (χ0) is 32.0. The summed E-state index contributed by atoms with van der Waals surface area (Å²) >= 11 is 0. The van der Waals surface area contributed by atoms with E-state index in [9.17, 15) is 14.0 Å². The van der Waals surface area contributed by atoms with Crippen LogP contribution in [0.4, 0.5) is 8.78 Å². The monoisotopic (exact) mass is 616 g/mol. The van der Waals surface area contributed by atoms with Crippen molar-refractivity contribution in [3.05, 3.63) is 89.6 Å². The maximum atomic E-state index is 15.3. The van der Waals surface area contributed by atoms with Crippen molar-refractivity contribution in [2.45, 2.75) is 46.0 Å².